The lowest BCUT2D eigenvalue weighted by Crippen LogP contribution is -2.45. The van der Waals surface area contributed by atoms with E-state index in [4.69, 9.17) is 0 Å². The first-order valence-electron chi connectivity index (χ1n) is 6.17. The lowest BCUT2D eigenvalue weighted by molar-refractivity contribution is -0.118. The smallest absolute Gasteiger partial charge is 0.240 e. The zero-order chi connectivity index (χ0) is 13.1. The predicted octanol–water partition coefficient (Wildman–Crippen LogP) is 1.09. The van der Waals surface area contributed by atoms with E-state index in [9.17, 15) is 9.90 Å². The Morgan fingerprint density at radius 1 is 1.72 bits per heavy atom. The molecule has 0 aliphatic carbocycles. The van der Waals surface area contributed by atoms with E-state index < -0.39 is 0 Å². The summed E-state index contributed by atoms with van der Waals surface area (Å²) >= 11 is 1.44. The van der Waals surface area contributed by atoms with Gasteiger partial charge in [0.25, 0.3) is 0 Å². The number of piperidine rings is 1. The Morgan fingerprint density at radius 2 is 2.50 bits per heavy atom. The van der Waals surface area contributed by atoms with Crippen molar-refractivity contribution in [3.63, 3.8) is 0 Å². The van der Waals surface area contributed by atoms with Crippen molar-refractivity contribution in [2.75, 3.05) is 25.0 Å². The van der Waals surface area contributed by atoms with E-state index in [0.717, 1.165) is 25.2 Å². The van der Waals surface area contributed by atoms with Gasteiger partial charge in [-0.25, -0.2) is 4.98 Å². The summed E-state index contributed by atoms with van der Waals surface area (Å²) in [5.41, 5.74) is 0.921. The van der Waals surface area contributed by atoms with Gasteiger partial charge in [0.15, 0.2) is 5.13 Å². The van der Waals surface area contributed by atoms with Crippen LogP contribution in [0.15, 0.2) is 5.38 Å². The van der Waals surface area contributed by atoms with Gasteiger partial charge in [-0.3, -0.25) is 9.69 Å². The van der Waals surface area contributed by atoms with Gasteiger partial charge in [-0.1, -0.05) is 6.92 Å². The summed E-state index contributed by atoms with van der Waals surface area (Å²) < 4.78 is 0. The summed E-state index contributed by atoms with van der Waals surface area (Å²) in [6.07, 6.45) is 0.510. The highest BCUT2D eigenvalue weighted by molar-refractivity contribution is 7.13. The van der Waals surface area contributed by atoms with Crippen molar-refractivity contribution in [2.24, 2.45) is 5.92 Å². The number of likely N-dealkylation sites (tertiary alicyclic amines) is 1. The number of nitrogens with one attached hydrogen (secondary N) is 1. The Balaban J connectivity index is 1.81. The summed E-state index contributed by atoms with van der Waals surface area (Å²) in [6, 6.07) is 0. The third kappa shape index (κ3) is 3.51. The second-order valence-electron chi connectivity index (χ2n) is 4.91. The molecular formula is C12H19N3O2S. The molecule has 0 radical (unpaired) electrons. The molecule has 0 aromatic carbocycles. The van der Waals surface area contributed by atoms with Gasteiger partial charge in [-0.15, -0.1) is 11.3 Å². The predicted molar refractivity (Wildman–Crippen MR) is 71.7 cm³/mol. The van der Waals surface area contributed by atoms with Crippen LogP contribution in [0.1, 0.15) is 19.0 Å². The molecule has 1 aliphatic heterocycles. The van der Waals surface area contributed by atoms with Crippen LogP contribution in [0.4, 0.5) is 5.13 Å². The van der Waals surface area contributed by atoms with Crippen LogP contribution in [-0.2, 0) is 4.79 Å². The molecule has 18 heavy (non-hydrogen) atoms. The van der Waals surface area contributed by atoms with Gasteiger partial charge >= 0.3 is 0 Å². The molecule has 1 aromatic rings. The molecule has 0 saturated carbocycles. The number of hydrogen-bond acceptors (Lipinski definition) is 5. The number of hydrogen-bond donors (Lipinski definition) is 2. The molecule has 2 unspecified atom stereocenters. The largest absolute Gasteiger partial charge is 0.393 e. The molecule has 0 bridgehead atoms. The van der Waals surface area contributed by atoms with Crippen LogP contribution < -0.4 is 5.32 Å². The molecular weight excluding hydrogens is 250 g/mol. The number of aliphatic hydroxyl groups is 1. The Kier molecular flexibility index (Phi) is 4.31. The fraction of sp³-hybridized carbons (Fsp3) is 0.667. The maximum absolute atomic E-state index is 11.8. The Labute approximate surface area is 111 Å². The number of carbonyl (C=O) groups excluding carboxylic acids is 1. The van der Waals surface area contributed by atoms with Crippen LogP contribution >= 0.6 is 11.3 Å². The molecule has 1 aliphatic rings. The van der Waals surface area contributed by atoms with E-state index in [0.29, 0.717) is 11.7 Å². The van der Waals surface area contributed by atoms with Gasteiger partial charge in [0, 0.05) is 18.5 Å². The highest BCUT2D eigenvalue weighted by Gasteiger charge is 2.25. The number of thiazole rings is 1. The zero-order valence-electron chi connectivity index (χ0n) is 10.7. The monoisotopic (exact) mass is 269 g/mol. The number of carbonyl (C=O) groups is 1. The number of aromatic nitrogens is 1. The van der Waals surface area contributed by atoms with E-state index in [1.807, 2.05) is 19.2 Å². The average molecular weight is 269 g/mol. The van der Waals surface area contributed by atoms with Crippen molar-refractivity contribution in [1.29, 1.82) is 0 Å². The van der Waals surface area contributed by atoms with Crippen LogP contribution in [0.2, 0.25) is 0 Å². The van der Waals surface area contributed by atoms with Crippen molar-refractivity contribution in [1.82, 2.24) is 9.88 Å². The summed E-state index contributed by atoms with van der Waals surface area (Å²) in [5, 5.41) is 15.0. The van der Waals surface area contributed by atoms with Crippen molar-refractivity contribution in [3.05, 3.63) is 11.1 Å². The molecule has 2 heterocycles. The number of rotatable bonds is 3. The molecule has 1 amide bonds. The molecule has 5 nitrogen and oxygen atoms in total. The number of nitrogens with zero attached hydrogens (tertiary/aromatic N) is 2. The Hall–Kier alpha value is -0.980. The van der Waals surface area contributed by atoms with Gasteiger partial charge in [0.05, 0.1) is 18.3 Å². The summed E-state index contributed by atoms with van der Waals surface area (Å²) in [4.78, 5) is 18.1. The number of amides is 1. The highest BCUT2D eigenvalue weighted by atomic mass is 32.1. The molecule has 1 fully saturated rings. The molecule has 2 N–H and O–H groups in total. The second-order valence-corrected chi connectivity index (χ2v) is 5.77. The van der Waals surface area contributed by atoms with E-state index >= 15 is 0 Å². The first kappa shape index (κ1) is 13.5. The zero-order valence-corrected chi connectivity index (χ0v) is 11.5. The van der Waals surface area contributed by atoms with Gasteiger partial charge in [0.2, 0.25) is 5.91 Å². The van der Waals surface area contributed by atoms with Crippen molar-refractivity contribution >= 4 is 22.4 Å². The minimum Gasteiger partial charge on any atom is -0.393 e. The van der Waals surface area contributed by atoms with Crippen LogP contribution in [0.5, 0.6) is 0 Å². The maximum Gasteiger partial charge on any atom is 0.240 e. The normalized spacial score (nSPS) is 25.1. The van der Waals surface area contributed by atoms with Crippen LogP contribution in [-0.4, -0.2) is 46.6 Å². The molecule has 1 aromatic heterocycles. The minimum atomic E-state index is -0.231. The third-order valence-electron chi connectivity index (χ3n) is 3.18. The quantitative estimate of drug-likeness (QED) is 0.862. The van der Waals surface area contributed by atoms with Gasteiger partial charge in [-0.05, 0) is 19.3 Å². The molecule has 100 valence electrons. The second kappa shape index (κ2) is 5.77. The van der Waals surface area contributed by atoms with Gasteiger partial charge < -0.3 is 10.4 Å². The van der Waals surface area contributed by atoms with Crippen molar-refractivity contribution in [3.8, 4) is 0 Å². The first-order valence-corrected chi connectivity index (χ1v) is 7.05. The fourth-order valence-corrected chi connectivity index (χ4v) is 2.84. The van der Waals surface area contributed by atoms with E-state index in [-0.39, 0.29) is 17.9 Å². The standard InChI is InChI=1S/C12H19N3O2S/c1-8-5-15(4-3-10(8)16)6-11(17)14-12-13-9(2)7-18-12/h7-8,10,16H,3-6H2,1-2H3,(H,13,14,17). The maximum atomic E-state index is 11.8. The van der Waals surface area contributed by atoms with Crippen LogP contribution in [0, 0.1) is 12.8 Å². The molecule has 6 heteroatoms. The third-order valence-corrected chi connectivity index (χ3v) is 4.05. The van der Waals surface area contributed by atoms with E-state index in [2.05, 4.69) is 15.2 Å². The summed E-state index contributed by atoms with van der Waals surface area (Å²) in [6.45, 7) is 5.83. The van der Waals surface area contributed by atoms with Gasteiger partial charge in [-0.2, -0.15) is 0 Å². The van der Waals surface area contributed by atoms with E-state index in [1.165, 1.54) is 11.3 Å². The van der Waals surface area contributed by atoms with Crippen LogP contribution in [0.3, 0.4) is 0 Å². The van der Waals surface area contributed by atoms with E-state index in [1.54, 1.807) is 0 Å². The topological polar surface area (TPSA) is 65.5 Å². The van der Waals surface area contributed by atoms with Crippen molar-refractivity contribution in [2.45, 2.75) is 26.4 Å². The van der Waals surface area contributed by atoms with Crippen LogP contribution in [0.25, 0.3) is 0 Å². The molecule has 2 atom stereocenters. The molecule has 1 saturated heterocycles. The van der Waals surface area contributed by atoms with Gasteiger partial charge in [0.1, 0.15) is 0 Å². The fourth-order valence-electron chi connectivity index (χ4n) is 2.14. The SMILES string of the molecule is Cc1csc(NC(=O)CN2CCC(O)C(C)C2)n1. The first-order chi connectivity index (χ1) is 8.54. The number of aryl methyl sites for hydroxylation is 1. The lowest BCUT2D eigenvalue weighted by Gasteiger charge is -2.33. The lowest BCUT2D eigenvalue weighted by atomic mass is 9.97. The van der Waals surface area contributed by atoms with Crippen molar-refractivity contribution < 1.29 is 9.90 Å². The molecule has 0 spiro atoms. The number of anilines is 1. The summed E-state index contributed by atoms with van der Waals surface area (Å²) in [5.74, 6) is 0.196. The Bertz CT molecular complexity index is 421. The highest BCUT2D eigenvalue weighted by Crippen LogP contribution is 2.17. The summed E-state index contributed by atoms with van der Waals surface area (Å²) in [7, 11) is 0. The number of aliphatic hydroxyl groups excluding tert-OH is 1. The average Bonchev–Trinajstić information content (AvgIpc) is 2.69. The molecule has 2 rings (SSSR count). The minimum absolute atomic E-state index is 0.0343. The Morgan fingerprint density at radius 3 is 3.11 bits per heavy atom.